The number of nitrogen functional groups attached to an aromatic ring is 1. The Bertz CT molecular complexity index is 787. The van der Waals surface area contributed by atoms with Gasteiger partial charge in [0, 0.05) is 10.0 Å². The van der Waals surface area contributed by atoms with E-state index in [1.807, 2.05) is 6.07 Å². The molecular weight excluding hydrogens is 360 g/mol. The highest BCUT2D eigenvalue weighted by Gasteiger charge is 2.26. The van der Waals surface area contributed by atoms with Gasteiger partial charge in [0.05, 0.1) is 11.3 Å². The molecule has 2 aromatic rings. The quantitative estimate of drug-likeness (QED) is 0.896. The lowest BCUT2D eigenvalue weighted by atomic mass is 10.1. The first-order chi connectivity index (χ1) is 9.40. The number of thiophene rings is 1. The van der Waals surface area contributed by atoms with E-state index in [0.717, 1.165) is 15.8 Å². The van der Waals surface area contributed by atoms with Crippen molar-refractivity contribution in [3.05, 3.63) is 34.3 Å². The van der Waals surface area contributed by atoms with Gasteiger partial charge in [-0.3, -0.25) is 0 Å². The standard InChI is InChI=1S/C13H11BrN2O2S2/c1-2-20(17,18)13-11(10(7-15)12(16)19-13)8-3-5-9(14)6-4-8/h3-6H,2,16H2,1H3. The zero-order valence-electron chi connectivity index (χ0n) is 10.6. The van der Waals surface area contributed by atoms with Crippen LogP contribution < -0.4 is 5.73 Å². The van der Waals surface area contributed by atoms with Gasteiger partial charge in [-0.15, -0.1) is 11.3 Å². The minimum atomic E-state index is -3.42. The van der Waals surface area contributed by atoms with Crippen molar-refractivity contribution in [3.8, 4) is 17.2 Å². The highest BCUT2D eigenvalue weighted by Crippen LogP contribution is 2.41. The Morgan fingerprint density at radius 3 is 2.45 bits per heavy atom. The molecule has 0 radical (unpaired) electrons. The normalized spacial score (nSPS) is 11.2. The summed E-state index contributed by atoms with van der Waals surface area (Å²) in [6.45, 7) is 1.57. The number of sulfone groups is 1. The molecule has 2 rings (SSSR count). The Hall–Kier alpha value is -1.36. The predicted octanol–water partition coefficient (Wildman–Crippen LogP) is 3.43. The lowest BCUT2D eigenvalue weighted by Crippen LogP contribution is -2.03. The van der Waals surface area contributed by atoms with Gasteiger partial charge in [-0.2, -0.15) is 5.26 Å². The zero-order chi connectivity index (χ0) is 14.9. The average Bonchev–Trinajstić information content (AvgIpc) is 2.77. The number of hydrogen-bond acceptors (Lipinski definition) is 5. The van der Waals surface area contributed by atoms with E-state index in [1.165, 1.54) is 0 Å². The molecule has 0 saturated carbocycles. The number of nitrogens with two attached hydrogens (primary N) is 1. The third-order valence-corrected chi connectivity index (χ3v) is 6.69. The minimum absolute atomic E-state index is 0.0264. The summed E-state index contributed by atoms with van der Waals surface area (Å²) in [5.41, 5.74) is 7.10. The fourth-order valence-electron chi connectivity index (χ4n) is 1.77. The molecule has 7 heteroatoms. The maximum absolute atomic E-state index is 12.2. The fourth-order valence-corrected chi connectivity index (χ4v) is 4.73. The van der Waals surface area contributed by atoms with Crippen LogP contribution in [0, 0.1) is 11.3 Å². The van der Waals surface area contributed by atoms with Crippen LogP contribution in [0.5, 0.6) is 0 Å². The molecular formula is C13H11BrN2O2S2. The zero-order valence-corrected chi connectivity index (χ0v) is 13.8. The molecule has 4 nitrogen and oxygen atoms in total. The monoisotopic (exact) mass is 370 g/mol. The molecule has 2 N–H and O–H groups in total. The van der Waals surface area contributed by atoms with E-state index in [9.17, 15) is 13.7 Å². The van der Waals surface area contributed by atoms with E-state index in [0.29, 0.717) is 11.1 Å². The van der Waals surface area contributed by atoms with E-state index < -0.39 is 9.84 Å². The summed E-state index contributed by atoms with van der Waals surface area (Å²) in [6.07, 6.45) is 0. The van der Waals surface area contributed by atoms with Crippen molar-refractivity contribution in [3.63, 3.8) is 0 Å². The number of hydrogen-bond donors (Lipinski definition) is 1. The van der Waals surface area contributed by atoms with Crippen molar-refractivity contribution >= 4 is 42.1 Å². The molecule has 0 saturated heterocycles. The van der Waals surface area contributed by atoms with E-state index in [2.05, 4.69) is 15.9 Å². The molecule has 0 aliphatic rings. The van der Waals surface area contributed by atoms with Gasteiger partial charge >= 0.3 is 0 Å². The van der Waals surface area contributed by atoms with Crippen LogP contribution in [0.4, 0.5) is 5.00 Å². The molecule has 0 bridgehead atoms. The van der Waals surface area contributed by atoms with Crippen molar-refractivity contribution in [1.82, 2.24) is 0 Å². The number of halogens is 1. The fraction of sp³-hybridized carbons (Fsp3) is 0.154. The number of nitrogens with zero attached hydrogens (tertiary/aromatic N) is 1. The van der Waals surface area contributed by atoms with E-state index >= 15 is 0 Å². The van der Waals surface area contributed by atoms with Crippen molar-refractivity contribution in [2.75, 3.05) is 11.5 Å². The summed E-state index contributed by atoms with van der Waals surface area (Å²) in [6, 6.07) is 9.13. The molecule has 0 unspecified atom stereocenters. The van der Waals surface area contributed by atoms with Crippen LogP contribution in [0.15, 0.2) is 32.9 Å². The van der Waals surface area contributed by atoms with Gasteiger partial charge in [0.15, 0.2) is 9.84 Å². The van der Waals surface area contributed by atoms with Gasteiger partial charge in [0.25, 0.3) is 0 Å². The number of nitriles is 1. The van der Waals surface area contributed by atoms with Crippen LogP contribution in [0.3, 0.4) is 0 Å². The van der Waals surface area contributed by atoms with E-state index in [4.69, 9.17) is 5.73 Å². The molecule has 0 atom stereocenters. The van der Waals surface area contributed by atoms with Gasteiger partial charge in [0.2, 0.25) is 0 Å². The topological polar surface area (TPSA) is 83.9 Å². The average molecular weight is 371 g/mol. The minimum Gasteiger partial charge on any atom is -0.389 e. The first-order valence-corrected chi connectivity index (χ1v) is 8.98. The third-order valence-electron chi connectivity index (χ3n) is 2.81. The van der Waals surface area contributed by atoms with Crippen LogP contribution in [0.2, 0.25) is 0 Å². The summed E-state index contributed by atoms with van der Waals surface area (Å²) < 4.78 is 25.4. The lowest BCUT2D eigenvalue weighted by Gasteiger charge is -2.05. The molecule has 1 aromatic heterocycles. The molecule has 104 valence electrons. The summed E-state index contributed by atoms with van der Waals surface area (Å²) in [4.78, 5) is 0. The molecule has 0 aliphatic carbocycles. The summed E-state index contributed by atoms with van der Waals surface area (Å²) in [5, 5.41) is 9.47. The molecule has 20 heavy (non-hydrogen) atoms. The second-order valence-electron chi connectivity index (χ2n) is 4.03. The number of rotatable bonds is 3. The van der Waals surface area contributed by atoms with E-state index in [-0.39, 0.29) is 20.5 Å². The van der Waals surface area contributed by atoms with Crippen LogP contribution in [0.25, 0.3) is 11.1 Å². The molecule has 1 heterocycles. The highest BCUT2D eigenvalue weighted by molar-refractivity contribution is 9.10. The first-order valence-electron chi connectivity index (χ1n) is 5.71. The predicted molar refractivity (Wildman–Crippen MR) is 84.3 cm³/mol. The van der Waals surface area contributed by atoms with Crippen molar-refractivity contribution in [2.24, 2.45) is 0 Å². The van der Waals surface area contributed by atoms with Gasteiger partial charge < -0.3 is 5.73 Å². The SMILES string of the molecule is CCS(=O)(=O)c1sc(N)c(C#N)c1-c1ccc(Br)cc1. The molecule has 0 fully saturated rings. The Labute approximate surface area is 129 Å². The smallest absolute Gasteiger partial charge is 0.188 e. The Balaban J connectivity index is 2.80. The van der Waals surface area contributed by atoms with Gasteiger partial charge in [-0.25, -0.2) is 8.42 Å². The van der Waals surface area contributed by atoms with Gasteiger partial charge in [-0.05, 0) is 17.7 Å². The van der Waals surface area contributed by atoms with Crippen LogP contribution in [-0.4, -0.2) is 14.2 Å². The second kappa shape index (κ2) is 5.56. The lowest BCUT2D eigenvalue weighted by molar-refractivity contribution is 0.599. The molecule has 0 aliphatic heterocycles. The highest BCUT2D eigenvalue weighted by atomic mass is 79.9. The van der Waals surface area contributed by atoms with Crippen molar-refractivity contribution in [1.29, 1.82) is 5.26 Å². The maximum Gasteiger partial charge on any atom is 0.188 e. The van der Waals surface area contributed by atoms with Gasteiger partial charge in [0.1, 0.15) is 15.3 Å². The van der Waals surface area contributed by atoms with Crippen LogP contribution in [-0.2, 0) is 9.84 Å². The number of anilines is 1. The molecule has 0 amide bonds. The molecule has 1 aromatic carbocycles. The Morgan fingerprint density at radius 2 is 1.95 bits per heavy atom. The third kappa shape index (κ3) is 2.59. The Morgan fingerprint density at radius 1 is 1.35 bits per heavy atom. The van der Waals surface area contributed by atoms with Crippen LogP contribution in [0.1, 0.15) is 12.5 Å². The van der Waals surface area contributed by atoms with Gasteiger partial charge in [-0.1, -0.05) is 35.0 Å². The summed E-state index contributed by atoms with van der Waals surface area (Å²) >= 11 is 4.28. The largest absolute Gasteiger partial charge is 0.389 e. The summed E-state index contributed by atoms with van der Waals surface area (Å²) in [7, 11) is -3.42. The summed E-state index contributed by atoms with van der Waals surface area (Å²) in [5.74, 6) is -0.0264. The molecule has 0 spiro atoms. The first kappa shape index (κ1) is 15.0. The Kier molecular flexibility index (Phi) is 4.18. The van der Waals surface area contributed by atoms with E-state index in [1.54, 1.807) is 31.2 Å². The second-order valence-corrected chi connectivity index (χ2v) is 8.47. The number of benzene rings is 1. The van der Waals surface area contributed by atoms with Crippen molar-refractivity contribution in [2.45, 2.75) is 11.1 Å². The maximum atomic E-state index is 12.2. The van der Waals surface area contributed by atoms with Crippen LogP contribution >= 0.6 is 27.3 Å². The van der Waals surface area contributed by atoms with Crippen molar-refractivity contribution < 1.29 is 8.42 Å².